The Balaban J connectivity index is 2.33. The number of aliphatic carboxylic acids is 1. The van der Waals surface area contributed by atoms with E-state index in [4.69, 9.17) is 0 Å². The summed E-state index contributed by atoms with van der Waals surface area (Å²) in [5, 5.41) is 27.8. The number of carboxylic acids is 1. The van der Waals surface area contributed by atoms with Crippen LogP contribution in [-0.2, 0) is 11.3 Å². The molecule has 0 aliphatic heterocycles. The lowest BCUT2D eigenvalue weighted by atomic mass is 9.84. The first-order valence-corrected chi connectivity index (χ1v) is 7.16. The second-order valence-corrected chi connectivity index (χ2v) is 5.34. The van der Waals surface area contributed by atoms with Crippen LogP contribution in [0.1, 0.15) is 38.3 Å². The average molecular weight is 296 g/mol. The fourth-order valence-electron chi connectivity index (χ4n) is 2.94. The Bertz CT molecular complexity index is 555. The standard InChI is InChI=1S/C13H20N4O4/c1-3-16-12(11(17(20)21)8(2)15-16)14-10-7-5-4-6-9(10)13(18)19/h9-10,14H,3-7H2,1-2H3,(H,18,19). The first kappa shape index (κ1) is 15.3. The van der Waals surface area contributed by atoms with Gasteiger partial charge < -0.3 is 10.4 Å². The van der Waals surface area contributed by atoms with E-state index in [1.165, 1.54) is 4.68 Å². The van der Waals surface area contributed by atoms with E-state index in [2.05, 4.69) is 10.4 Å². The summed E-state index contributed by atoms with van der Waals surface area (Å²) < 4.78 is 1.53. The van der Waals surface area contributed by atoms with Crippen molar-refractivity contribution in [3.63, 3.8) is 0 Å². The van der Waals surface area contributed by atoms with Crippen LogP contribution >= 0.6 is 0 Å². The van der Waals surface area contributed by atoms with Gasteiger partial charge in [0.05, 0.1) is 10.8 Å². The van der Waals surface area contributed by atoms with Gasteiger partial charge in [0.15, 0.2) is 0 Å². The fraction of sp³-hybridized carbons (Fsp3) is 0.692. The van der Waals surface area contributed by atoms with Gasteiger partial charge in [-0.15, -0.1) is 0 Å². The molecule has 1 aliphatic rings. The van der Waals surface area contributed by atoms with Crippen LogP contribution < -0.4 is 5.32 Å². The molecule has 8 heteroatoms. The molecular weight excluding hydrogens is 276 g/mol. The number of nitrogens with one attached hydrogen (secondary N) is 1. The van der Waals surface area contributed by atoms with Crippen molar-refractivity contribution in [3.05, 3.63) is 15.8 Å². The van der Waals surface area contributed by atoms with Crippen LogP contribution in [0.15, 0.2) is 0 Å². The minimum atomic E-state index is -0.853. The summed E-state index contributed by atoms with van der Waals surface area (Å²) in [5.41, 5.74) is 0.276. The molecule has 21 heavy (non-hydrogen) atoms. The van der Waals surface area contributed by atoms with Crippen LogP contribution in [0.25, 0.3) is 0 Å². The molecule has 1 heterocycles. The maximum absolute atomic E-state index is 11.3. The van der Waals surface area contributed by atoms with E-state index < -0.39 is 16.8 Å². The highest BCUT2D eigenvalue weighted by Gasteiger charge is 2.34. The zero-order chi connectivity index (χ0) is 15.6. The van der Waals surface area contributed by atoms with Crippen molar-refractivity contribution >= 4 is 17.5 Å². The van der Waals surface area contributed by atoms with Gasteiger partial charge in [0.25, 0.3) is 0 Å². The van der Waals surface area contributed by atoms with Crippen molar-refractivity contribution in [2.45, 2.75) is 52.1 Å². The highest BCUT2D eigenvalue weighted by atomic mass is 16.6. The molecule has 2 rings (SSSR count). The Morgan fingerprint density at radius 1 is 1.52 bits per heavy atom. The average Bonchev–Trinajstić information content (AvgIpc) is 2.75. The molecule has 2 N–H and O–H groups in total. The van der Waals surface area contributed by atoms with Crippen LogP contribution in [0, 0.1) is 23.0 Å². The molecule has 0 amide bonds. The van der Waals surface area contributed by atoms with Crippen LogP contribution in [0.2, 0.25) is 0 Å². The Hall–Kier alpha value is -2.12. The number of nitrogens with zero attached hydrogens (tertiary/aromatic N) is 3. The topological polar surface area (TPSA) is 110 Å². The van der Waals surface area contributed by atoms with Crippen molar-refractivity contribution in [1.29, 1.82) is 0 Å². The minimum absolute atomic E-state index is 0.0634. The van der Waals surface area contributed by atoms with E-state index in [0.29, 0.717) is 30.9 Å². The predicted octanol–water partition coefficient (Wildman–Crippen LogP) is 2.17. The number of aromatic nitrogens is 2. The lowest BCUT2D eigenvalue weighted by Crippen LogP contribution is -2.37. The van der Waals surface area contributed by atoms with Gasteiger partial charge in [-0.1, -0.05) is 12.8 Å². The van der Waals surface area contributed by atoms with Crippen LogP contribution in [-0.4, -0.2) is 31.8 Å². The quantitative estimate of drug-likeness (QED) is 0.636. The molecule has 2 unspecified atom stereocenters. The Morgan fingerprint density at radius 2 is 2.19 bits per heavy atom. The van der Waals surface area contributed by atoms with Gasteiger partial charge in [-0.3, -0.25) is 14.9 Å². The third kappa shape index (κ3) is 2.98. The number of carbonyl (C=O) groups is 1. The Kier molecular flexibility index (Phi) is 4.44. The molecule has 0 spiro atoms. The van der Waals surface area contributed by atoms with Gasteiger partial charge in [-0.05, 0) is 26.7 Å². The van der Waals surface area contributed by atoms with Crippen LogP contribution in [0.3, 0.4) is 0 Å². The predicted molar refractivity (Wildman–Crippen MR) is 76.3 cm³/mol. The molecule has 1 aromatic rings. The molecule has 0 aromatic carbocycles. The molecule has 1 aliphatic carbocycles. The lowest BCUT2D eigenvalue weighted by Gasteiger charge is -2.29. The van der Waals surface area contributed by atoms with Gasteiger partial charge in [-0.25, -0.2) is 4.68 Å². The van der Waals surface area contributed by atoms with Crippen molar-refractivity contribution in [1.82, 2.24) is 9.78 Å². The molecule has 0 saturated heterocycles. The van der Waals surface area contributed by atoms with Gasteiger partial charge in [0.1, 0.15) is 5.69 Å². The van der Waals surface area contributed by atoms with E-state index in [9.17, 15) is 20.0 Å². The number of anilines is 1. The largest absolute Gasteiger partial charge is 0.481 e. The van der Waals surface area contributed by atoms with Crippen molar-refractivity contribution < 1.29 is 14.8 Å². The second-order valence-electron chi connectivity index (χ2n) is 5.34. The molecule has 2 atom stereocenters. The normalized spacial score (nSPS) is 22.0. The van der Waals surface area contributed by atoms with E-state index >= 15 is 0 Å². The number of aryl methyl sites for hydroxylation is 2. The van der Waals surface area contributed by atoms with Crippen molar-refractivity contribution in [3.8, 4) is 0 Å². The molecule has 1 fully saturated rings. The minimum Gasteiger partial charge on any atom is -0.481 e. The molecule has 1 aromatic heterocycles. The maximum atomic E-state index is 11.3. The highest BCUT2D eigenvalue weighted by Crippen LogP contribution is 2.33. The van der Waals surface area contributed by atoms with Gasteiger partial charge in [0.2, 0.25) is 5.82 Å². The molecule has 8 nitrogen and oxygen atoms in total. The second kappa shape index (κ2) is 6.11. The third-order valence-corrected chi connectivity index (χ3v) is 3.98. The van der Waals surface area contributed by atoms with E-state index in [1.807, 2.05) is 6.92 Å². The molecule has 1 saturated carbocycles. The van der Waals surface area contributed by atoms with Crippen LogP contribution in [0.4, 0.5) is 11.5 Å². The number of hydrogen-bond acceptors (Lipinski definition) is 5. The van der Waals surface area contributed by atoms with Crippen LogP contribution in [0.5, 0.6) is 0 Å². The Morgan fingerprint density at radius 3 is 2.76 bits per heavy atom. The third-order valence-electron chi connectivity index (χ3n) is 3.98. The molecule has 116 valence electrons. The lowest BCUT2D eigenvalue weighted by molar-refractivity contribution is -0.384. The van der Waals surface area contributed by atoms with E-state index in [1.54, 1.807) is 6.92 Å². The van der Waals surface area contributed by atoms with E-state index in [0.717, 1.165) is 12.8 Å². The monoisotopic (exact) mass is 296 g/mol. The highest BCUT2D eigenvalue weighted by molar-refractivity contribution is 5.72. The number of rotatable bonds is 5. The summed E-state index contributed by atoms with van der Waals surface area (Å²) in [6.07, 6.45) is 3.10. The maximum Gasteiger partial charge on any atom is 0.333 e. The number of hydrogen-bond donors (Lipinski definition) is 2. The fourth-order valence-corrected chi connectivity index (χ4v) is 2.94. The number of carboxylic acid groups (broad SMARTS) is 1. The first-order chi connectivity index (χ1) is 9.95. The van der Waals surface area contributed by atoms with Crippen molar-refractivity contribution in [2.75, 3.05) is 5.32 Å². The Labute approximate surface area is 122 Å². The molecule has 0 bridgehead atoms. The SMILES string of the molecule is CCn1nc(C)c([N+](=O)[O-])c1NC1CCCCC1C(=O)O. The molecular formula is C13H20N4O4. The molecule has 0 radical (unpaired) electrons. The summed E-state index contributed by atoms with van der Waals surface area (Å²) in [6.45, 7) is 3.92. The van der Waals surface area contributed by atoms with E-state index in [-0.39, 0.29) is 11.7 Å². The first-order valence-electron chi connectivity index (χ1n) is 7.16. The number of nitro groups is 1. The summed E-state index contributed by atoms with van der Waals surface area (Å²) in [6, 6.07) is -0.295. The van der Waals surface area contributed by atoms with Gasteiger partial charge >= 0.3 is 11.7 Å². The zero-order valence-electron chi connectivity index (χ0n) is 12.2. The van der Waals surface area contributed by atoms with Gasteiger partial charge in [-0.2, -0.15) is 5.10 Å². The summed E-state index contributed by atoms with van der Waals surface area (Å²) in [5.74, 6) is -1.05. The summed E-state index contributed by atoms with van der Waals surface area (Å²) >= 11 is 0. The summed E-state index contributed by atoms with van der Waals surface area (Å²) in [4.78, 5) is 22.1. The van der Waals surface area contributed by atoms with Crippen molar-refractivity contribution in [2.24, 2.45) is 5.92 Å². The smallest absolute Gasteiger partial charge is 0.333 e. The summed E-state index contributed by atoms with van der Waals surface area (Å²) in [7, 11) is 0. The zero-order valence-corrected chi connectivity index (χ0v) is 12.2. The van der Waals surface area contributed by atoms with Gasteiger partial charge in [0, 0.05) is 12.6 Å².